The number of hydrogen-bond acceptors (Lipinski definition) is 4. The second-order valence-electron chi connectivity index (χ2n) is 16.2. The van der Waals surface area contributed by atoms with E-state index in [4.69, 9.17) is 0 Å². The summed E-state index contributed by atoms with van der Waals surface area (Å²) >= 11 is 0. The Morgan fingerprint density at radius 3 is 0.725 bits per heavy atom. The highest BCUT2D eigenvalue weighted by Crippen LogP contribution is 2.16. The molecule has 0 aromatic carbocycles. The summed E-state index contributed by atoms with van der Waals surface area (Å²) in [7, 11) is 0. The number of nitrogens with one attached hydrogen (secondary N) is 2. The van der Waals surface area contributed by atoms with Crippen molar-refractivity contribution in [3.63, 3.8) is 0 Å². The van der Waals surface area contributed by atoms with Crippen LogP contribution in [-0.4, -0.2) is 37.7 Å². The first kappa shape index (κ1) is 50.3. The number of Topliss-reactive ketones (excluding diaryl/α,β-unsaturated/α-hetero) is 2. The lowest BCUT2D eigenvalue weighted by Gasteiger charge is -2.07. The summed E-state index contributed by atoms with van der Waals surface area (Å²) in [5, 5.41) is 7.05. The number of ketones is 2. The van der Waals surface area contributed by atoms with Crippen LogP contribution in [0.4, 0.5) is 0 Å². The molecule has 0 saturated carbocycles. The maximum atomic E-state index is 12.2. The van der Waals surface area contributed by atoms with Crippen molar-refractivity contribution in [3.05, 3.63) is 0 Å². The zero-order valence-corrected chi connectivity index (χ0v) is 35.2. The summed E-state index contributed by atoms with van der Waals surface area (Å²) in [6.07, 6.45) is 49.8. The smallest absolute Gasteiger partial charge is 0.132 e. The molecule has 0 rings (SSSR count). The van der Waals surface area contributed by atoms with Crippen molar-refractivity contribution in [2.45, 2.75) is 264 Å². The molecule has 0 bridgehead atoms. The number of rotatable bonds is 46. The van der Waals surface area contributed by atoms with Crippen molar-refractivity contribution in [1.29, 1.82) is 0 Å². The third kappa shape index (κ3) is 45.3. The highest BCUT2D eigenvalue weighted by molar-refractivity contribution is 5.78. The van der Waals surface area contributed by atoms with Gasteiger partial charge in [-0.25, -0.2) is 0 Å². The molecule has 51 heavy (non-hydrogen) atoms. The summed E-state index contributed by atoms with van der Waals surface area (Å²) < 4.78 is 0. The Morgan fingerprint density at radius 1 is 0.255 bits per heavy atom. The second-order valence-corrected chi connectivity index (χ2v) is 16.2. The molecule has 4 heteroatoms. The van der Waals surface area contributed by atoms with Crippen molar-refractivity contribution in [3.8, 4) is 0 Å². The van der Waals surface area contributed by atoms with E-state index in [2.05, 4.69) is 24.5 Å². The largest absolute Gasteiger partial charge is 0.317 e. The maximum absolute atomic E-state index is 12.2. The van der Waals surface area contributed by atoms with Crippen LogP contribution in [0.3, 0.4) is 0 Å². The van der Waals surface area contributed by atoms with Crippen LogP contribution in [-0.2, 0) is 9.59 Å². The molecule has 0 aliphatic heterocycles. The number of unbranched alkanes of at least 4 members (excludes halogenated alkanes) is 30. The molecule has 0 aliphatic carbocycles. The van der Waals surface area contributed by atoms with E-state index in [1.807, 2.05) is 0 Å². The van der Waals surface area contributed by atoms with Crippen LogP contribution in [0.5, 0.6) is 0 Å². The van der Waals surface area contributed by atoms with Gasteiger partial charge in [-0.05, 0) is 64.7 Å². The highest BCUT2D eigenvalue weighted by atomic mass is 16.1. The SMILES string of the molecule is CCCCCCCCCCCCCCCCCC(=O)CCCNCCCCCNCCCC(=O)CCCCCCCCCCCCCCCCC. The van der Waals surface area contributed by atoms with Gasteiger partial charge in [0.05, 0.1) is 0 Å². The maximum Gasteiger partial charge on any atom is 0.132 e. The average molecular weight is 719 g/mol. The monoisotopic (exact) mass is 719 g/mol. The first-order chi connectivity index (χ1) is 25.2. The van der Waals surface area contributed by atoms with Gasteiger partial charge >= 0.3 is 0 Å². The molecule has 0 heterocycles. The predicted molar refractivity (Wildman–Crippen MR) is 227 cm³/mol. The Morgan fingerprint density at radius 2 is 0.451 bits per heavy atom. The molecule has 0 fully saturated rings. The predicted octanol–water partition coefficient (Wildman–Crippen LogP) is 14.6. The molecule has 2 N–H and O–H groups in total. The van der Waals surface area contributed by atoms with Gasteiger partial charge < -0.3 is 10.6 Å². The van der Waals surface area contributed by atoms with E-state index >= 15 is 0 Å². The Kier molecular flexibility index (Phi) is 44.8. The molecule has 304 valence electrons. The lowest BCUT2D eigenvalue weighted by molar-refractivity contribution is -0.120. The molecule has 0 spiro atoms. The normalized spacial score (nSPS) is 11.5. The molecular formula is C47H94N2O2. The van der Waals surface area contributed by atoms with E-state index in [1.165, 1.54) is 199 Å². The van der Waals surface area contributed by atoms with E-state index in [9.17, 15) is 9.59 Å². The summed E-state index contributed by atoms with van der Waals surface area (Å²) in [5.41, 5.74) is 0. The Bertz CT molecular complexity index is 625. The molecule has 0 amide bonds. The van der Waals surface area contributed by atoms with Gasteiger partial charge in [-0.2, -0.15) is 0 Å². The van der Waals surface area contributed by atoms with E-state index < -0.39 is 0 Å². The molecule has 0 atom stereocenters. The molecule has 0 aliphatic rings. The number of carbonyl (C=O) groups is 2. The van der Waals surface area contributed by atoms with Crippen molar-refractivity contribution in [2.24, 2.45) is 0 Å². The van der Waals surface area contributed by atoms with Crippen LogP contribution in [0, 0.1) is 0 Å². The van der Waals surface area contributed by atoms with Crippen molar-refractivity contribution >= 4 is 11.6 Å². The van der Waals surface area contributed by atoms with Crippen molar-refractivity contribution < 1.29 is 9.59 Å². The first-order valence-electron chi connectivity index (χ1n) is 23.7. The Labute approximate surface area is 321 Å². The molecule has 0 unspecified atom stereocenters. The number of carbonyl (C=O) groups excluding carboxylic acids is 2. The minimum Gasteiger partial charge on any atom is -0.317 e. The molecule has 0 saturated heterocycles. The zero-order valence-electron chi connectivity index (χ0n) is 35.2. The van der Waals surface area contributed by atoms with Crippen molar-refractivity contribution in [1.82, 2.24) is 10.6 Å². The topological polar surface area (TPSA) is 58.2 Å². The van der Waals surface area contributed by atoms with E-state index in [1.54, 1.807) is 0 Å². The van der Waals surface area contributed by atoms with Gasteiger partial charge in [-0.15, -0.1) is 0 Å². The van der Waals surface area contributed by atoms with Crippen molar-refractivity contribution in [2.75, 3.05) is 26.2 Å². The lowest BCUT2D eigenvalue weighted by Crippen LogP contribution is -2.19. The van der Waals surface area contributed by atoms with E-state index in [0.717, 1.165) is 77.5 Å². The fourth-order valence-electron chi connectivity index (χ4n) is 7.38. The van der Waals surface area contributed by atoms with Gasteiger partial charge in [-0.1, -0.05) is 200 Å². The summed E-state index contributed by atoms with van der Waals surface area (Å²) in [6.45, 7) is 8.63. The highest BCUT2D eigenvalue weighted by Gasteiger charge is 2.04. The Balaban J connectivity index is 3.22. The first-order valence-corrected chi connectivity index (χ1v) is 23.7. The zero-order chi connectivity index (χ0) is 37.0. The van der Waals surface area contributed by atoms with Crippen LogP contribution in [0.2, 0.25) is 0 Å². The molecular weight excluding hydrogens is 625 g/mol. The molecule has 4 nitrogen and oxygen atoms in total. The van der Waals surface area contributed by atoms with Crippen LogP contribution in [0.1, 0.15) is 264 Å². The second kappa shape index (κ2) is 45.4. The Hall–Kier alpha value is -0.740. The standard InChI is InChI=1S/C47H94N2O2/c1-3-5-7-9-11-13-15-17-19-21-23-25-27-29-32-38-46(50)40-36-44-48-42-34-31-35-43-49-45-37-41-47(51)39-33-30-28-26-24-22-20-18-16-14-12-10-8-6-4-2/h48-49H,3-45H2,1-2H3. The van der Waals surface area contributed by atoms with E-state index in [-0.39, 0.29) is 0 Å². The van der Waals surface area contributed by atoms with Crippen LogP contribution >= 0.6 is 0 Å². The summed E-state index contributed by atoms with van der Waals surface area (Å²) in [6, 6.07) is 0. The quantitative estimate of drug-likeness (QED) is 0.0615. The average Bonchev–Trinajstić information content (AvgIpc) is 3.13. The summed E-state index contributed by atoms with van der Waals surface area (Å²) in [4.78, 5) is 24.4. The molecule has 0 radical (unpaired) electrons. The van der Waals surface area contributed by atoms with Crippen LogP contribution in [0.25, 0.3) is 0 Å². The minimum atomic E-state index is 0.462. The minimum absolute atomic E-state index is 0.462. The van der Waals surface area contributed by atoms with Gasteiger partial charge in [0.1, 0.15) is 11.6 Å². The molecule has 0 aromatic heterocycles. The summed E-state index contributed by atoms with van der Waals surface area (Å²) in [5.74, 6) is 0.925. The van der Waals surface area contributed by atoms with Gasteiger partial charge in [0.2, 0.25) is 0 Å². The lowest BCUT2D eigenvalue weighted by atomic mass is 10.0. The van der Waals surface area contributed by atoms with Gasteiger partial charge in [0.25, 0.3) is 0 Å². The number of hydrogen-bond donors (Lipinski definition) is 2. The van der Waals surface area contributed by atoms with E-state index in [0.29, 0.717) is 11.6 Å². The van der Waals surface area contributed by atoms with Gasteiger partial charge in [0.15, 0.2) is 0 Å². The fourth-order valence-corrected chi connectivity index (χ4v) is 7.38. The third-order valence-electron chi connectivity index (χ3n) is 10.9. The third-order valence-corrected chi connectivity index (χ3v) is 10.9. The van der Waals surface area contributed by atoms with Crippen LogP contribution in [0.15, 0.2) is 0 Å². The van der Waals surface area contributed by atoms with Gasteiger partial charge in [-0.3, -0.25) is 9.59 Å². The fraction of sp³-hybridized carbons (Fsp3) is 0.957. The van der Waals surface area contributed by atoms with Gasteiger partial charge in [0, 0.05) is 25.7 Å². The molecule has 0 aromatic rings. The van der Waals surface area contributed by atoms with Crippen LogP contribution < -0.4 is 10.6 Å².